The van der Waals surface area contributed by atoms with E-state index in [1.54, 1.807) is 0 Å². The predicted molar refractivity (Wildman–Crippen MR) is 76.9 cm³/mol. The Morgan fingerprint density at radius 1 is 1.15 bits per heavy atom. The predicted octanol–water partition coefficient (Wildman–Crippen LogP) is 3.08. The van der Waals surface area contributed by atoms with Crippen molar-refractivity contribution in [2.45, 2.75) is 25.8 Å². The number of hydrogen-bond donors (Lipinski definition) is 1. The van der Waals surface area contributed by atoms with E-state index in [2.05, 4.69) is 22.0 Å². The van der Waals surface area contributed by atoms with Crippen molar-refractivity contribution in [3.05, 3.63) is 42.3 Å². The monoisotopic (exact) mass is 268 g/mol. The molecule has 0 spiro atoms. The van der Waals surface area contributed by atoms with Crippen LogP contribution in [-0.4, -0.2) is 15.1 Å². The SMILES string of the molecule is CCCC(N)c1nc(-c2ccc3ccccc3n2)no1. The normalized spacial score (nSPS) is 12.7. The second kappa shape index (κ2) is 5.38. The molecule has 1 aromatic carbocycles. The Morgan fingerprint density at radius 3 is 2.85 bits per heavy atom. The number of rotatable bonds is 4. The largest absolute Gasteiger partial charge is 0.337 e. The molecule has 1 unspecified atom stereocenters. The van der Waals surface area contributed by atoms with E-state index in [9.17, 15) is 0 Å². The van der Waals surface area contributed by atoms with E-state index in [1.165, 1.54) is 0 Å². The first-order chi connectivity index (χ1) is 9.78. The van der Waals surface area contributed by atoms with E-state index in [4.69, 9.17) is 10.3 Å². The van der Waals surface area contributed by atoms with E-state index in [0.717, 1.165) is 23.7 Å². The summed E-state index contributed by atoms with van der Waals surface area (Å²) in [5.41, 5.74) is 7.58. The van der Waals surface area contributed by atoms with Crippen LogP contribution < -0.4 is 5.73 Å². The van der Waals surface area contributed by atoms with Gasteiger partial charge in [0, 0.05) is 5.39 Å². The van der Waals surface area contributed by atoms with E-state index in [-0.39, 0.29) is 6.04 Å². The maximum atomic E-state index is 5.97. The van der Waals surface area contributed by atoms with Crippen LogP contribution in [-0.2, 0) is 0 Å². The summed E-state index contributed by atoms with van der Waals surface area (Å²) in [7, 11) is 0. The molecule has 1 atom stereocenters. The highest BCUT2D eigenvalue weighted by Crippen LogP contribution is 2.21. The minimum Gasteiger partial charge on any atom is -0.337 e. The molecule has 0 aliphatic rings. The molecule has 0 aliphatic heterocycles. The molecule has 0 radical (unpaired) electrons. The Labute approximate surface area is 116 Å². The fraction of sp³-hybridized carbons (Fsp3) is 0.267. The maximum absolute atomic E-state index is 5.97. The lowest BCUT2D eigenvalue weighted by Crippen LogP contribution is -2.09. The van der Waals surface area contributed by atoms with E-state index >= 15 is 0 Å². The van der Waals surface area contributed by atoms with Crippen molar-refractivity contribution in [2.75, 3.05) is 0 Å². The molecule has 3 aromatic rings. The average Bonchev–Trinajstić information content (AvgIpc) is 2.97. The Morgan fingerprint density at radius 2 is 2.00 bits per heavy atom. The molecule has 3 rings (SSSR count). The number of hydrogen-bond acceptors (Lipinski definition) is 5. The summed E-state index contributed by atoms with van der Waals surface area (Å²) in [6, 6.07) is 11.6. The fourth-order valence-corrected chi connectivity index (χ4v) is 2.11. The number of nitrogens with two attached hydrogens (primary N) is 1. The first-order valence-corrected chi connectivity index (χ1v) is 6.73. The van der Waals surface area contributed by atoms with Gasteiger partial charge in [-0.3, -0.25) is 0 Å². The molecule has 102 valence electrons. The molecule has 5 nitrogen and oxygen atoms in total. The molecule has 2 N–H and O–H groups in total. The summed E-state index contributed by atoms with van der Waals surface area (Å²) in [4.78, 5) is 8.88. The highest BCUT2D eigenvalue weighted by atomic mass is 16.5. The number of fused-ring (bicyclic) bond motifs is 1. The van der Waals surface area contributed by atoms with Crippen LogP contribution in [0.25, 0.3) is 22.4 Å². The molecular formula is C15H16N4O. The van der Waals surface area contributed by atoms with Crippen molar-refractivity contribution in [1.29, 1.82) is 0 Å². The van der Waals surface area contributed by atoms with Crippen LogP contribution >= 0.6 is 0 Å². The lowest BCUT2D eigenvalue weighted by Gasteiger charge is -2.02. The number of nitrogens with zero attached hydrogens (tertiary/aromatic N) is 3. The van der Waals surface area contributed by atoms with Crippen LogP contribution in [0.3, 0.4) is 0 Å². The van der Waals surface area contributed by atoms with Gasteiger partial charge in [-0.25, -0.2) is 4.98 Å². The highest BCUT2D eigenvalue weighted by Gasteiger charge is 2.15. The minimum absolute atomic E-state index is 0.207. The van der Waals surface area contributed by atoms with Gasteiger partial charge in [-0.05, 0) is 18.6 Å². The zero-order chi connectivity index (χ0) is 13.9. The van der Waals surface area contributed by atoms with Crippen molar-refractivity contribution in [3.8, 4) is 11.5 Å². The number of para-hydroxylation sites is 1. The Balaban J connectivity index is 1.94. The maximum Gasteiger partial charge on any atom is 0.243 e. The molecule has 0 saturated heterocycles. The van der Waals surface area contributed by atoms with Crippen LogP contribution in [0.2, 0.25) is 0 Å². The molecule has 0 aliphatic carbocycles. The van der Waals surface area contributed by atoms with Gasteiger partial charge in [0.1, 0.15) is 5.69 Å². The van der Waals surface area contributed by atoms with Gasteiger partial charge in [0.25, 0.3) is 0 Å². The smallest absolute Gasteiger partial charge is 0.243 e. The van der Waals surface area contributed by atoms with E-state index in [0.29, 0.717) is 17.4 Å². The molecule has 2 aromatic heterocycles. The van der Waals surface area contributed by atoms with Gasteiger partial charge in [-0.1, -0.05) is 42.8 Å². The summed E-state index contributed by atoms with van der Waals surface area (Å²) in [6.07, 6.45) is 1.81. The van der Waals surface area contributed by atoms with Crippen LogP contribution in [0.1, 0.15) is 31.7 Å². The molecule has 0 fully saturated rings. The number of benzene rings is 1. The molecular weight excluding hydrogens is 252 g/mol. The van der Waals surface area contributed by atoms with Gasteiger partial charge in [0.15, 0.2) is 0 Å². The first-order valence-electron chi connectivity index (χ1n) is 6.73. The highest BCUT2D eigenvalue weighted by molar-refractivity contribution is 5.80. The number of pyridine rings is 1. The van der Waals surface area contributed by atoms with Crippen LogP contribution in [0, 0.1) is 0 Å². The van der Waals surface area contributed by atoms with E-state index in [1.807, 2.05) is 36.4 Å². The Hall–Kier alpha value is -2.27. The van der Waals surface area contributed by atoms with Crippen LogP contribution in [0.15, 0.2) is 40.9 Å². The third-order valence-corrected chi connectivity index (χ3v) is 3.19. The second-order valence-electron chi connectivity index (χ2n) is 4.74. The summed E-state index contributed by atoms with van der Waals surface area (Å²) in [5, 5.41) is 5.05. The van der Waals surface area contributed by atoms with Gasteiger partial charge in [-0.15, -0.1) is 0 Å². The van der Waals surface area contributed by atoms with Crippen molar-refractivity contribution in [3.63, 3.8) is 0 Å². The van der Waals surface area contributed by atoms with Gasteiger partial charge in [0.2, 0.25) is 11.7 Å². The second-order valence-corrected chi connectivity index (χ2v) is 4.74. The molecule has 20 heavy (non-hydrogen) atoms. The lowest BCUT2D eigenvalue weighted by molar-refractivity contribution is 0.348. The number of aromatic nitrogens is 3. The standard InChI is InChI=1S/C15H16N4O/c1-2-5-11(16)15-18-14(19-20-15)13-9-8-10-6-3-4-7-12(10)17-13/h3-4,6-9,11H,2,5,16H2,1H3. The third kappa shape index (κ3) is 2.40. The zero-order valence-electron chi connectivity index (χ0n) is 11.3. The summed E-state index contributed by atoms with van der Waals surface area (Å²) in [5.74, 6) is 0.953. The molecule has 5 heteroatoms. The topological polar surface area (TPSA) is 77.8 Å². The minimum atomic E-state index is -0.207. The summed E-state index contributed by atoms with van der Waals surface area (Å²) < 4.78 is 5.22. The van der Waals surface area contributed by atoms with Gasteiger partial charge in [0.05, 0.1) is 11.6 Å². The van der Waals surface area contributed by atoms with Crippen molar-refractivity contribution < 1.29 is 4.52 Å². The van der Waals surface area contributed by atoms with Crippen molar-refractivity contribution in [1.82, 2.24) is 15.1 Å². The molecule has 0 bridgehead atoms. The van der Waals surface area contributed by atoms with Gasteiger partial charge in [-0.2, -0.15) is 4.98 Å². The van der Waals surface area contributed by atoms with Gasteiger partial charge >= 0.3 is 0 Å². The first kappa shape index (κ1) is 12.7. The van der Waals surface area contributed by atoms with Crippen LogP contribution in [0.4, 0.5) is 0 Å². The summed E-state index contributed by atoms with van der Waals surface area (Å²) >= 11 is 0. The van der Waals surface area contributed by atoms with Crippen molar-refractivity contribution >= 4 is 10.9 Å². The van der Waals surface area contributed by atoms with Gasteiger partial charge < -0.3 is 10.3 Å². The Kier molecular flexibility index (Phi) is 3.43. The average molecular weight is 268 g/mol. The summed E-state index contributed by atoms with van der Waals surface area (Å²) in [6.45, 7) is 2.07. The third-order valence-electron chi connectivity index (χ3n) is 3.19. The fourth-order valence-electron chi connectivity index (χ4n) is 2.11. The van der Waals surface area contributed by atoms with Crippen molar-refractivity contribution in [2.24, 2.45) is 5.73 Å². The van der Waals surface area contributed by atoms with E-state index < -0.39 is 0 Å². The molecule has 2 heterocycles. The molecule has 0 saturated carbocycles. The van der Waals surface area contributed by atoms with Crippen LogP contribution in [0.5, 0.6) is 0 Å². The molecule has 0 amide bonds. The lowest BCUT2D eigenvalue weighted by atomic mass is 10.2. The zero-order valence-corrected chi connectivity index (χ0v) is 11.3. The Bertz CT molecular complexity index is 722. The quantitative estimate of drug-likeness (QED) is 0.786.